The molecular weight excluding hydrogens is 274 g/mol. The molecule has 0 aliphatic heterocycles. The minimum atomic E-state index is -0.327. The van der Waals surface area contributed by atoms with Gasteiger partial charge in [0, 0.05) is 29.6 Å². The summed E-state index contributed by atoms with van der Waals surface area (Å²) in [6, 6.07) is 5.41. The minimum Gasteiger partial charge on any atom is -0.297 e. The van der Waals surface area contributed by atoms with Crippen molar-refractivity contribution in [1.82, 2.24) is 9.88 Å². The van der Waals surface area contributed by atoms with Crippen LogP contribution in [0.15, 0.2) is 23.7 Å². The van der Waals surface area contributed by atoms with Crippen molar-refractivity contribution in [2.75, 3.05) is 7.05 Å². The lowest BCUT2D eigenvalue weighted by Crippen LogP contribution is -2.17. The van der Waals surface area contributed by atoms with Gasteiger partial charge in [-0.2, -0.15) is 0 Å². The normalized spacial score (nSPS) is 11.0. The van der Waals surface area contributed by atoms with E-state index >= 15 is 0 Å². The Bertz CT molecular complexity index is 625. The first-order chi connectivity index (χ1) is 9.47. The van der Waals surface area contributed by atoms with Crippen LogP contribution in [0, 0.1) is 24.0 Å². The Morgan fingerprint density at radius 2 is 2.10 bits per heavy atom. The van der Waals surface area contributed by atoms with Gasteiger partial charge in [-0.3, -0.25) is 15.0 Å². The van der Waals surface area contributed by atoms with Gasteiger partial charge in [-0.15, -0.1) is 11.3 Å². The van der Waals surface area contributed by atoms with Gasteiger partial charge < -0.3 is 0 Å². The molecule has 106 valence electrons. The highest BCUT2D eigenvalue weighted by molar-refractivity contribution is 7.09. The molecule has 0 aliphatic carbocycles. The minimum absolute atomic E-state index is 0.185. The summed E-state index contributed by atoms with van der Waals surface area (Å²) in [5, 5.41) is 10.9. The highest BCUT2D eigenvalue weighted by atomic mass is 32.1. The van der Waals surface area contributed by atoms with Crippen LogP contribution >= 0.6 is 11.3 Å². The summed E-state index contributed by atoms with van der Waals surface area (Å²) in [5.74, 6) is 0. The van der Waals surface area contributed by atoms with E-state index in [4.69, 9.17) is 0 Å². The van der Waals surface area contributed by atoms with E-state index in [0.717, 1.165) is 17.8 Å². The summed E-state index contributed by atoms with van der Waals surface area (Å²) in [5.41, 5.74) is 4.73. The Hall–Kier alpha value is -1.79. The second-order valence-electron chi connectivity index (χ2n) is 4.91. The standard InChI is InChI=1S/C14H17N3O2S/c1-10-4-5-12(6-13(10)17(18)19)7-16(3)8-14-11(2)15-9-20-14/h4-6,9H,7-8H2,1-3H3. The van der Waals surface area contributed by atoms with Gasteiger partial charge in [0.25, 0.3) is 5.69 Å². The number of nitrogens with zero attached hydrogens (tertiary/aromatic N) is 3. The molecule has 0 atom stereocenters. The molecule has 0 fully saturated rings. The van der Waals surface area contributed by atoms with Gasteiger partial charge in [-0.1, -0.05) is 12.1 Å². The molecule has 1 heterocycles. The van der Waals surface area contributed by atoms with Gasteiger partial charge in [-0.05, 0) is 26.5 Å². The van der Waals surface area contributed by atoms with Gasteiger partial charge in [0.1, 0.15) is 0 Å². The van der Waals surface area contributed by atoms with Crippen molar-refractivity contribution in [3.05, 3.63) is 55.5 Å². The summed E-state index contributed by atoms with van der Waals surface area (Å²) in [4.78, 5) is 18.2. The number of nitro benzene ring substituents is 1. The van der Waals surface area contributed by atoms with Gasteiger partial charge in [0.05, 0.1) is 16.1 Å². The van der Waals surface area contributed by atoms with Crippen LogP contribution in [0.4, 0.5) is 5.69 Å². The lowest BCUT2D eigenvalue weighted by atomic mass is 10.1. The number of benzene rings is 1. The van der Waals surface area contributed by atoms with Crippen LogP contribution < -0.4 is 0 Å². The van der Waals surface area contributed by atoms with E-state index in [-0.39, 0.29) is 10.6 Å². The molecule has 6 heteroatoms. The number of thiazole rings is 1. The Kier molecular flexibility index (Phi) is 4.46. The molecule has 2 rings (SSSR count). The third-order valence-electron chi connectivity index (χ3n) is 3.18. The van der Waals surface area contributed by atoms with Crippen molar-refractivity contribution in [3.8, 4) is 0 Å². The molecule has 0 spiro atoms. The fourth-order valence-corrected chi connectivity index (χ4v) is 2.90. The third kappa shape index (κ3) is 3.40. The summed E-state index contributed by atoms with van der Waals surface area (Å²) in [6.45, 7) is 5.24. The van der Waals surface area contributed by atoms with Crippen molar-refractivity contribution in [3.63, 3.8) is 0 Å². The molecular formula is C14H17N3O2S. The van der Waals surface area contributed by atoms with Crippen LogP contribution in [0.2, 0.25) is 0 Å². The van der Waals surface area contributed by atoms with E-state index < -0.39 is 0 Å². The van der Waals surface area contributed by atoms with Gasteiger partial charge in [0.15, 0.2) is 0 Å². The Morgan fingerprint density at radius 3 is 2.70 bits per heavy atom. The monoisotopic (exact) mass is 291 g/mol. The molecule has 0 unspecified atom stereocenters. The van der Waals surface area contributed by atoms with Crippen molar-refractivity contribution >= 4 is 17.0 Å². The number of nitro groups is 1. The first-order valence-corrected chi connectivity index (χ1v) is 7.16. The lowest BCUT2D eigenvalue weighted by molar-refractivity contribution is -0.385. The van der Waals surface area contributed by atoms with Crippen LogP contribution in [0.5, 0.6) is 0 Å². The zero-order valence-electron chi connectivity index (χ0n) is 11.8. The first-order valence-electron chi connectivity index (χ1n) is 6.29. The summed E-state index contributed by atoms with van der Waals surface area (Å²) in [7, 11) is 2.00. The largest absolute Gasteiger partial charge is 0.297 e. The maximum atomic E-state index is 10.9. The lowest BCUT2D eigenvalue weighted by Gasteiger charge is -2.16. The first kappa shape index (κ1) is 14.6. The fraction of sp³-hybridized carbons (Fsp3) is 0.357. The Labute approximate surface area is 122 Å². The molecule has 0 amide bonds. The quantitative estimate of drug-likeness (QED) is 0.626. The zero-order chi connectivity index (χ0) is 14.7. The highest BCUT2D eigenvalue weighted by Gasteiger charge is 2.12. The van der Waals surface area contributed by atoms with E-state index in [1.807, 2.05) is 25.5 Å². The molecule has 0 N–H and O–H groups in total. The Morgan fingerprint density at radius 1 is 1.35 bits per heavy atom. The van der Waals surface area contributed by atoms with Crippen LogP contribution in [0.3, 0.4) is 0 Å². The predicted molar refractivity (Wildman–Crippen MR) is 79.9 cm³/mol. The average Bonchev–Trinajstić information content (AvgIpc) is 2.77. The molecule has 0 saturated heterocycles. The average molecular weight is 291 g/mol. The topological polar surface area (TPSA) is 59.3 Å². The van der Waals surface area contributed by atoms with Crippen LogP contribution in [0.1, 0.15) is 21.7 Å². The molecule has 5 nitrogen and oxygen atoms in total. The van der Waals surface area contributed by atoms with Crippen LogP contribution in [-0.2, 0) is 13.1 Å². The number of hydrogen-bond acceptors (Lipinski definition) is 5. The van der Waals surface area contributed by atoms with Crippen LogP contribution in [-0.4, -0.2) is 21.9 Å². The highest BCUT2D eigenvalue weighted by Crippen LogP contribution is 2.21. The molecule has 0 bridgehead atoms. The maximum absolute atomic E-state index is 10.9. The fourth-order valence-electron chi connectivity index (χ4n) is 2.04. The van der Waals surface area contributed by atoms with Crippen LogP contribution in [0.25, 0.3) is 0 Å². The molecule has 20 heavy (non-hydrogen) atoms. The van der Waals surface area contributed by atoms with E-state index in [1.54, 1.807) is 30.4 Å². The molecule has 0 radical (unpaired) electrons. The number of hydrogen-bond donors (Lipinski definition) is 0. The maximum Gasteiger partial charge on any atom is 0.272 e. The van der Waals surface area contributed by atoms with E-state index in [1.165, 1.54) is 4.88 Å². The SMILES string of the molecule is Cc1ccc(CN(C)Cc2scnc2C)cc1[N+](=O)[O-]. The number of rotatable bonds is 5. The molecule has 1 aromatic heterocycles. The van der Waals surface area contributed by atoms with E-state index in [9.17, 15) is 10.1 Å². The number of aryl methyl sites for hydroxylation is 2. The van der Waals surface area contributed by atoms with Gasteiger partial charge in [0.2, 0.25) is 0 Å². The van der Waals surface area contributed by atoms with Gasteiger partial charge in [-0.25, -0.2) is 4.98 Å². The molecule has 2 aromatic rings. The smallest absolute Gasteiger partial charge is 0.272 e. The third-order valence-corrected chi connectivity index (χ3v) is 4.10. The molecule has 0 aliphatic rings. The second-order valence-corrected chi connectivity index (χ2v) is 5.85. The van der Waals surface area contributed by atoms with Crippen molar-refractivity contribution < 1.29 is 4.92 Å². The summed E-state index contributed by atoms with van der Waals surface area (Å²) >= 11 is 1.64. The van der Waals surface area contributed by atoms with E-state index in [2.05, 4.69) is 9.88 Å². The zero-order valence-corrected chi connectivity index (χ0v) is 12.6. The summed E-state index contributed by atoms with van der Waals surface area (Å²) in [6.07, 6.45) is 0. The van der Waals surface area contributed by atoms with Crippen molar-refractivity contribution in [1.29, 1.82) is 0 Å². The predicted octanol–water partition coefficient (Wildman–Crippen LogP) is 3.30. The van der Waals surface area contributed by atoms with Crippen molar-refractivity contribution in [2.24, 2.45) is 0 Å². The van der Waals surface area contributed by atoms with E-state index in [0.29, 0.717) is 12.1 Å². The molecule has 0 saturated carbocycles. The molecule has 1 aromatic carbocycles. The Balaban J connectivity index is 2.08. The van der Waals surface area contributed by atoms with Gasteiger partial charge >= 0.3 is 0 Å². The second kappa shape index (κ2) is 6.11. The summed E-state index contributed by atoms with van der Waals surface area (Å²) < 4.78 is 0. The number of aromatic nitrogens is 1. The van der Waals surface area contributed by atoms with Crippen molar-refractivity contribution in [2.45, 2.75) is 26.9 Å².